The van der Waals surface area contributed by atoms with Gasteiger partial charge in [0.2, 0.25) is 10.0 Å². The van der Waals surface area contributed by atoms with Crippen LogP contribution in [-0.4, -0.2) is 39.6 Å². The zero-order valence-electron chi connectivity index (χ0n) is 14.9. The van der Waals surface area contributed by atoms with Crippen molar-refractivity contribution in [1.29, 1.82) is 0 Å². The molecule has 2 aromatic rings. The molecule has 1 amide bonds. The summed E-state index contributed by atoms with van der Waals surface area (Å²) in [6, 6.07) is 9.90. The van der Waals surface area contributed by atoms with E-state index in [2.05, 4.69) is 5.32 Å². The fourth-order valence-electron chi connectivity index (χ4n) is 2.42. The van der Waals surface area contributed by atoms with Crippen LogP contribution < -0.4 is 19.9 Å². The van der Waals surface area contributed by atoms with Crippen molar-refractivity contribution in [3.63, 3.8) is 0 Å². The maximum absolute atomic E-state index is 12.3. The summed E-state index contributed by atoms with van der Waals surface area (Å²) in [4.78, 5) is 24.4. The van der Waals surface area contributed by atoms with Crippen LogP contribution in [0, 0.1) is 0 Å². The van der Waals surface area contributed by atoms with E-state index in [4.69, 9.17) is 19.3 Å². The number of anilines is 1. The average molecular weight is 406 g/mol. The van der Waals surface area contributed by atoms with Gasteiger partial charge in [-0.3, -0.25) is 4.79 Å². The summed E-state index contributed by atoms with van der Waals surface area (Å²) >= 11 is 0. The number of carbonyl (C=O) groups excluding carboxylic acids is 2. The van der Waals surface area contributed by atoms with E-state index in [1.165, 1.54) is 43.3 Å². The predicted molar refractivity (Wildman–Crippen MR) is 98.8 cm³/mol. The van der Waals surface area contributed by atoms with E-state index in [9.17, 15) is 18.0 Å². The first kappa shape index (κ1) is 19.6. The van der Waals surface area contributed by atoms with Crippen molar-refractivity contribution in [2.24, 2.45) is 5.14 Å². The number of ether oxygens (including phenoxy) is 3. The average Bonchev–Trinajstić information content (AvgIpc) is 2.67. The normalized spacial score (nSPS) is 14.1. The topological polar surface area (TPSA) is 134 Å². The highest BCUT2D eigenvalue weighted by molar-refractivity contribution is 7.89. The van der Waals surface area contributed by atoms with Crippen LogP contribution in [0.3, 0.4) is 0 Å². The molecule has 10 heteroatoms. The van der Waals surface area contributed by atoms with Gasteiger partial charge in [-0.2, -0.15) is 0 Å². The predicted octanol–water partition coefficient (Wildman–Crippen LogP) is 1.29. The summed E-state index contributed by atoms with van der Waals surface area (Å²) in [7, 11) is -3.82. The molecule has 28 heavy (non-hydrogen) atoms. The lowest BCUT2D eigenvalue weighted by molar-refractivity contribution is -0.123. The van der Waals surface area contributed by atoms with Gasteiger partial charge in [0, 0.05) is 5.69 Å². The second kappa shape index (κ2) is 7.87. The first-order chi connectivity index (χ1) is 13.2. The molecule has 1 atom stereocenters. The Kier molecular flexibility index (Phi) is 5.52. The molecular formula is C18H18N2O7S. The van der Waals surface area contributed by atoms with Crippen LogP contribution >= 0.6 is 0 Å². The number of rotatable bonds is 5. The number of carbonyl (C=O) groups is 2. The number of sulfonamides is 1. The van der Waals surface area contributed by atoms with Crippen molar-refractivity contribution in [3.8, 4) is 11.5 Å². The van der Waals surface area contributed by atoms with Crippen molar-refractivity contribution < 1.29 is 32.2 Å². The molecule has 0 bridgehead atoms. The van der Waals surface area contributed by atoms with E-state index in [1.807, 2.05) is 0 Å². The maximum atomic E-state index is 12.3. The smallest absolute Gasteiger partial charge is 0.339 e. The molecular weight excluding hydrogens is 388 g/mol. The first-order valence-electron chi connectivity index (χ1n) is 8.28. The molecule has 3 N–H and O–H groups in total. The molecule has 1 unspecified atom stereocenters. The molecule has 0 aliphatic carbocycles. The highest BCUT2D eigenvalue weighted by Crippen LogP contribution is 2.31. The van der Waals surface area contributed by atoms with Gasteiger partial charge in [0.1, 0.15) is 13.2 Å². The van der Waals surface area contributed by atoms with Crippen LogP contribution in [0.1, 0.15) is 17.3 Å². The minimum Gasteiger partial charge on any atom is -0.486 e. The highest BCUT2D eigenvalue weighted by Gasteiger charge is 2.21. The molecule has 1 heterocycles. The summed E-state index contributed by atoms with van der Waals surface area (Å²) < 4.78 is 38.5. The molecule has 0 saturated carbocycles. The molecule has 3 rings (SSSR count). The molecule has 1 aliphatic rings. The summed E-state index contributed by atoms with van der Waals surface area (Å²) in [5.41, 5.74) is 0.557. The second-order valence-electron chi connectivity index (χ2n) is 5.96. The fourth-order valence-corrected chi connectivity index (χ4v) is 2.94. The summed E-state index contributed by atoms with van der Waals surface area (Å²) in [5.74, 6) is -0.289. The molecule has 9 nitrogen and oxygen atoms in total. The molecule has 0 aromatic heterocycles. The summed E-state index contributed by atoms with van der Waals surface area (Å²) in [6.45, 7) is 2.24. The quantitative estimate of drug-likeness (QED) is 0.715. The van der Waals surface area contributed by atoms with Crippen LogP contribution in [0.4, 0.5) is 5.69 Å². The Labute approximate surface area is 161 Å². The van der Waals surface area contributed by atoms with E-state index in [1.54, 1.807) is 6.07 Å². The fraction of sp³-hybridized carbons (Fsp3) is 0.222. The second-order valence-corrected chi connectivity index (χ2v) is 7.53. The number of nitrogens with two attached hydrogens (primary N) is 1. The number of hydrogen-bond acceptors (Lipinski definition) is 7. The molecule has 0 fully saturated rings. The molecule has 0 radical (unpaired) electrons. The largest absolute Gasteiger partial charge is 0.486 e. The van der Waals surface area contributed by atoms with Crippen LogP contribution in [0.15, 0.2) is 47.4 Å². The van der Waals surface area contributed by atoms with Crippen molar-refractivity contribution >= 4 is 27.6 Å². The van der Waals surface area contributed by atoms with Gasteiger partial charge in [-0.05, 0) is 49.4 Å². The van der Waals surface area contributed by atoms with E-state index in [0.717, 1.165) is 0 Å². The number of nitrogens with one attached hydrogen (secondary N) is 1. The first-order valence-corrected chi connectivity index (χ1v) is 9.83. The van der Waals surface area contributed by atoms with Gasteiger partial charge in [-0.15, -0.1) is 0 Å². The molecule has 2 aromatic carbocycles. The zero-order valence-corrected chi connectivity index (χ0v) is 15.7. The minimum absolute atomic E-state index is 0.0800. The van der Waals surface area contributed by atoms with Gasteiger partial charge >= 0.3 is 5.97 Å². The highest BCUT2D eigenvalue weighted by atomic mass is 32.2. The van der Waals surface area contributed by atoms with Gasteiger partial charge in [0.05, 0.1) is 10.5 Å². The number of benzene rings is 2. The molecule has 148 valence electrons. The van der Waals surface area contributed by atoms with E-state index in [-0.39, 0.29) is 10.5 Å². The lowest BCUT2D eigenvalue weighted by atomic mass is 10.2. The SMILES string of the molecule is CC(OC(=O)c1ccc2c(c1)OCCO2)C(=O)Nc1ccc(S(N)(=O)=O)cc1. The molecule has 1 aliphatic heterocycles. The number of primary sulfonamides is 1. The Morgan fingerprint density at radius 2 is 1.71 bits per heavy atom. The Balaban J connectivity index is 1.61. The number of fused-ring (bicyclic) bond motifs is 1. The van der Waals surface area contributed by atoms with Crippen LogP contribution in [0.5, 0.6) is 11.5 Å². The minimum atomic E-state index is -3.82. The van der Waals surface area contributed by atoms with Crippen molar-refractivity contribution in [1.82, 2.24) is 0 Å². The third-order valence-electron chi connectivity index (χ3n) is 3.88. The Morgan fingerprint density at radius 1 is 1.07 bits per heavy atom. The third kappa shape index (κ3) is 4.59. The zero-order chi connectivity index (χ0) is 20.3. The van der Waals surface area contributed by atoms with Crippen LogP contribution in [0.2, 0.25) is 0 Å². The van der Waals surface area contributed by atoms with Crippen LogP contribution in [-0.2, 0) is 19.6 Å². The number of hydrogen-bond donors (Lipinski definition) is 2. The molecule has 0 saturated heterocycles. The maximum Gasteiger partial charge on any atom is 0.339 e. The van der Waals surface area contributed by atoms with E-state index < -0.39 is 28.0 Å². The summed E-state index contributed by atoms with van der Waals surface area (Å²) in [5, 5.41) is 7.55. The Bertz CT molecular complexity index is 1000. The van der Waals surface area contributed by atoms with Crippen molar-refractivity contribution in [2.75, 3.05) is 18.5 Å². The van der Waals surface area contributed by atoms with Crippen molar-refractivity contribution in [2.45, 2.75) is 17.9 Å². The summed E-state index contributed by atoms with van der Waals surface area (Å²) in [6.07, 6.45) is -1.08. The lowest BCUT2D eigenvalue weighted by Crippen LogP contribution is -2.30. The third-order valence-corrected chi connectivity index (χ3v) is 4.81. The van der Waals surface area contributed by atoms with Gasteiger partial charge in [-0.1, -0.05) is 0 Å². The Hall–Kier alpha value is -3.11. The number of esters is 1. The van der Waals surface area contributed by atoms with E-state index >= 15 is 0 Å². The van der Waals surface area contributed by atoms with Crippen LogP contribution in [0.25, 0.3) is 0 Å². The van der Waals surface area contributed by atoms with Gasteiger partial charge in [0.25, 0.3) is 5.91 Å². The molecule has 0 spiro atoms. The Morgan fingerprint density at radius 3 is 2.36 bits per heavy atom. The lowest BCUT2D eigenvalue weighted by Gasteiger charge is -2.19. The monoisotopic (exact) mass is 406 g/mol. The van der Waals surface area contributed by atoms with Gasteiger partial charge in [-0.25, -0.2) is 18.4 Å². The number of amides is 1. The van der Waals surface area contributed by atoms with E-state index in [0.29, 0.717) is 30.4 Å². The standard InChI is InChI=1S/C18H18N2O7S/c1-11(17(21)20-13-3-5-14(6-4-13)28(19,23)24)27-18(22)12-2-7-15-16(10-12)26-9-8-25-15/h2-7,10-11H,8-9H2,1H3,(H,20,21)(H2,19,23,24). The van der Waals surface area contributed by atoms with Crippen molar-refractivity contribution in [3.05, 3.63) is 48.0 Å². The van der Waals surface area contributed by atoms with Gasteiger partial charge < -0.3 is 19.5 Å². The van der Waals surface area contributed by atoms with Gasteiger partial charge in [0.15, 0.2) is 17.6 Å².